The monoisotopic (exact) mass is 476 g/mol. The molecule has 3 aromatic rings. The third kappa shape index (κ3) is 4.16. The lowest BCUT2D eigenvalue weighted by molar-refractivity contribution is 0.0726. The van der Waals surface area contributed by atoms with Gasteiger partial charge in [-0.3, -0.25) is 9.10 Å². The minimum absolute atomic E-state index is 0.0967. The fourth-order valence-electron chi connectivity index (χ4n) is 4.50. The number of carbonyl (C=O) groups is 1. The van der Waals surface area contributed by atoms with Gasteiger partial charge in [-0.1, -0.05) is 48.0 Å². The van der Waals surface area contributed by atoms with Gasteiger partial charge in [0.25, 0.3) is 15.9 Å². The summed E-state index contributed by atoms with van der Waals surface area (Å²) in [7, 11) is -2.32. The van der Waals surface area contributed by atoms with Gasteiger partial charge in [-0.15, -0.1) is 0 Å². The van der Waals surface area contributed by atoms with Gasteiger partial charge in [-0.25, -0.2) is 8.42 Å². The van der Waals surface area contributed by atoms with Gasteiger partial charge in [0.1, 0.15) is 5.75 Å². The molecule has 3 aromatic carbocycles. The van der Waals surface area contributed by atoms with Crippen LogP contribution in [0.15, 0.2) is 71.6 Å². The molecule has 1 aliphatic carbocycles. The number of benzene rings is 3. The van der Waals surface area contributed by atoms with E-state index in [1.807, 2.05) is 60.4 Å². The SMILES string of the molecule is COc1ccc(S(=O)(=O)N2CCc3ccccc32)cc1C(=O)N(Cc1ccc(C)cc1)C1CC1. The van der Waals surface area contributed by atoms with Crippen molar-refractivity contribution in [3.05, 3.63) is 89.0 Å². The molecule has 0 radical (unpaired) electrons. The summed E-state index contributed by atoms with van der Waals surface area (Å²) < 4.78 is 34.1. The molecule has 176 valence electrons. The smallest absolute Gasteiger partial charge is 0.264 e. The van der Waals surface area contributed by atoms with E-state index < -0.39 is 10.0 Å². The molecule has 34 heavy (non-hydrogen) atoms. The summed E-state index contributed by atoms with van der Waals surface area (Å²) in [4.78, 5) is 15.6. The van der Waals surface area contributed by atoms with Crippen LogP contribution in [0, 0.1) is 6.92 Å². The molecule has 1 amide bonds. The van der Waals surface area contributed by atoms with Crippen LogP contribution in [0.5, 0.6) is 5.75 Å². The van der Waals surface area contributed by atoms with Crippen molar-refractivity contribution in [2.45, 2.75) is 43.7 Å². The molecule has 1 heterocycles. The maximum atomic E-state index is 13.7. The van der Waals surface area contributed by atoms with Crippen LogP contribution in [0.25, 0.3) is 0 Å². The lowest BCUT2D eigenvalue weighted by Gasteiger charge is -2.25. The first kappa shape index (κ1) is 22.5. The van der Waals surface area contributed by atoms with Crippen LogP contribution < -0.4 is 9.04 Å². The third-order valence-corrected chi connectivity index (χ3v) is 8.37. The van der Waals surface area contributed by atoms with Gasteiger partial charge in [0.15, 0.2) is 0 Å². The predicted octanol–water partition coefficient (Wildman–Crippen LogP) is 4.56. The van der Waals surface area contributed by atoms with Crippen molar-refractivity contribution in [1.29, 1.82) is 0 Å². The molecular weight excluding hydrogens is 448 g/mol. The van der Waals surface area contributed by atoms with Gasteiger partial charge in [0.05, 0.1) is 23.3 Å². The lowest BCUT2D eigenvalue weighted by Crippen LogP contribution is -2.33. The highest BCUT2D eigenvalue weighted by molar-refractivity contribution is 7.92. The molecule has 0 aromatic heterocycles. The summed E-state index contributed by atoms with van der Waals surface area (Å²) in [6.07, 6.45) is 2.56. The molecule has 0 spiro atoms. The maximum Gasteiger partial charge on any atom is 0.264 e. The van der Waals surface area contributed by atoms with Gasteiger partial charge >= 0.3 is 0 Å². The number of sulfonamides is 1. The fraction of sp³-hybridized carbons (Fsp3) is 0.296. The van der Waals surface area contributed by atoms with E-state index in [1.54, 1.807) is 6.07 Å². The first-order chi connectivity index (χ1) is 16.4. The van der Waals surface area contributed by atoms with E-state index in [-0.39, 0.29) is 22.4 Å². The molecule has 1 aliphatic heterocycles. The van der Waals surface area contributed by atoms with Crippen LogP contribution >= 0.6 is 0 Å². The van der Waals surface area contributed by atoms with Crippen LogP contribution in [-0.2, 0) is 23.0 Å². The molecular formula is C27H28N2O4S. The molecule has 0 unspecified atom stereocenters. The van der Waals surface area contributed by atoms with E-state index in [9.17, 15) is 13.2 Å². The van der Waals surface area contributed by atoms with Crippen molar-refractivity contribution in [3.63, 3.8) is 0 Å². The van der Waals surface area contributed by atoms with E-state index in [4.69, 9.17) is 4.74 Å². The second kappa shape index (κ2) is 8.80. The Kier molecular flexibility index (Phi) is 5.81. The summed E-state index contributed by atoms with van der Waals surface area (Å²) in [6.45, 7) is 2.89. The molecule has 5 rings (SSSR count). The van der Waals surface area contributed by atoms with Gasteiger partial charge in [0.2, 0.25) is 0 Å². The summed E-state index contributed by atoms with van der Waals surface area (Å²) in [5.41, 5.74) is 4.19. The van der Waals surface area contributed by atoms with Crippen molar-refractivity contribution in [3.8, 4) is 5.75 Å². The number of fused-ring (bicyclic) bond motifs is 1. The number of methoxy groups -OCH3 is 1. The van der Waals surface area contributed by atoms with E-state index >= 15 is 0 Å². The van der Waals surface area contributed by atoms with Crippen LogP contribution in [0.3, 0.4) is 0 Å². The van der Waals surface area contributed by atoms with Crippen LogP contribution in [0.1, 0.15) is 39.9 Å². The first-order valence-corrected chi connectivity index (χ1v) is 13.0. The standard InChI is InChI=1S/C27H28N2O4S/c1-19-7-9-20(10-8-19)18-28(22-11-12-22)27(30)24-17-23(13-14-26(24)33-2)34(31,32)29-16-15-21-5-3-4-6-25(21)29/h3-10,13-14,17,22H,11-12,15-16,18H2,1-2H3. The summed E-state index contributed by atoms with van der Waals surface area (Å²) in [5.74, 6) is 0.166. The Morgan fingerprint density at radius 1 is 1.06 bits per heavy atom. The molecule has 7 heteroatoms. The highest BCUT2D eigenvalue weighted by Gasteiger charge is 2.36. The Balaban J connectivity index is 1.49. The van der Waals surface area contributed by atoms with Crippen molar-refractivity contribution in [1.82, 2.24) is 4.90 Å². The molecule has 0 N–H and O–H groups in total. The number of hydrogen-bond donors (Lipinski definition) is 0. The molecule has 6 nitrogen and oxygen atoms in total. The Morgan fingerprint density at radius 3 is 2.50 bits per heavy atom. The Labute approximate surface area is 200 Å². The van der Waals surface area contributed by atoms with Crippen molar-refractivity contribution >= 4 is 21.6 Å². The molecule has 1 fully saturated rings. The van der Waals surface area contributed by atoms with Crippen LogP contribution in [-0.4, -0.2) is 38.9 Å². The maximum absolute atomic E-state index is 13.7. The minimum Gasteiger partial charge on any atom is -0.496 e. The van der Waals surface area contributed by atoms with Crippen LogP contribution in [0.4, 0.5) is 5.69 Å². The average molecular weight is 477 g/mol. The zero-order valence-electron chi connectivity index (χ0n) is 19.4. The zero-order valence-corrected chi connectivity index (χ0v) is 20.2. The van der Waals surface area contributed by atoms with Gasteiger partial charge in [0, 0.05) is 19.1 Å². The predicted molar refractivity (Wildman–Crippen MR) is 132 cm³/mol. The molecule has 0 bridgehead atoms. The van der Waals surface area contributed by atoms with Crippen molar-refractivity contribution in [2.24, 2.45) is 0 Å². The van der Waals surface area contributed by atoms with Crippen molar-refractivity contribution < 1.29 is 17.9 Å². The number of hydrogen-bond acceptors (Lipinski definition) is 4. The fourth-order valence-corrected chi connectivity index (χ4v) is 6.03. The lowest BCUT2D eigenvalue weighted by atomic mass is 10.1. The van der Waals surface area contributed by atoms with E-state index in [1.165, 1.54) is 23.5 Å². The summed E-state index contributed by atoms with van der Waals surface area (Å²) >= 11 is 0. The first-order valence-electron chi connectivity index (χ1n) is 11.5. The van der Waals surface area contributed by atoms with Crippen molar-refractivity contribution in [2.75, 3.05) is 18.0 Å². The quantitative estimate of drug-likeness (QED) is 0.501. The van der Waals surface area contributed by atoms with E-state index in [0.29, 0.717) is 30.9 Å². The molecule has 0 saturated heterocycles. The number of nitrogens with zero attached hydrogens (tertiary/aromatic N) is 2. The van der Waals surface area contributed by atoms with Gasteiger partial charge < -0.3 is 9.64 Å². The van der Waals surface area contributed by atoms with E-state index in [0.717, 1.165) is 29.5 Å². The number of rotatable bonds is 7. The number of carbonyl (C=O) groups excluding carboxylic acids is 1. The zero-order chi connectivity index (χ0) is 23.9. The topological polar surface area (TPSA) is 66.9 Å². The minimum atomic E-state index is -3.82. The average Bonchev–Trinajstić information content (AvgIpc) is 3.60. The van der Waals surface area contributed by atoms with Gasteiger partial charge in [-0.05, 0) is 61.6 Å². The normalized spacial score (nSPS) is 15.2. The van der Waals surface area contributed by atoms with Crippen LogP contribution in [0.2, 0.25) is 0 Å². The molecule has 0 atom stereocenters. The number of amides is 1. The Morgan fingerprint density at radius 2 is 1.79 bits per heavy atom. The number of anilines is 1. The summed E-state index contributed by atoms with van der Waals surface area (Å²) in [6, 6.07) is 20.4. The highest BCUT2D eigenvalue weighted by Crippen LogP contribution is 2.36. The molecule has 1 saturated carbocycles. The highest BCUT2D eigenvalue weighted by atomic mass is 32.2. The number of ether oxygens (including phenoxy) is 1. The van der Waals surface area contributed by atoms with Gasteiger partial charge in [-0.2, -0.15) is 0 Å². The largest absolute Gasteiger partial charge is 0.496 e. The summed E-state index contributed by atoms with van der Waals surface area (Å²) in [5, 5.41) is 0. The Bertz CT molecular complexity index is 1330. The second-order valence-electron chi connectivity index (χ2n) is 8.97. The second-order valence-corrected chi connectivity index (χ2v) is 10.8. The molecule has 2 aliphatic rings. The Hall–Kier alpha value is -3.32. The number of para-hydroxylation sites is 1. The van der Waals surface area contributed by atoms with E-state index in [2.05, 4.69) is 0 Å². The number of aryl methyl sites for hydroxylation is 1. The third-order valence-electron chi connectivity index (χ3n) is 6.56.